The van der Waals surface area contributed by atoms with Gasteiger partial charge in [0.05, 0.1) is 0 Å². The maximum Gasteiger partial charge on any atom is 0.133 e. The molecule has 0 saturated heterocycles. The Morgan fingerprint density at radius 1 is 1.04 bits per heavy atom. The maximum absolute atomic E-state index is 12.2. The van der Waals surface area contributed by atoms with E-state index in [-0.39, 0.29) is 5.41 Å². The molecule has 4 aliphatic rings. The second-order valence-electron chi connectivity index (χ2n) is 9.71. The van der Waals surface area contributed by atoms with E-state index in [9.17, 15) is 9.90 Å². The maximum atomic E-state index is 12.2. The fraction of sp³-hybridized carbons (Fsp3) is 0.864. The topological polar surface area (TPSA) is 37.3 Å². The molecule has 0 heterocycles. The third kappa shape index (κ3) is 2.78. The molecule has 4 aliphatic carbocycles. The lowest BCUT2D eigenvalue weighted by molar-refractivity contribution is -0.129. The smallest absolute Gasteiger partial charge is 0.133 e. The van der Waals surface area contributed by atoms with Gasteiger partial charge in [-0.1, -0.05) is 12.8 Å². The summed E-state index contributed by atoms with van der Waals surface area (Å²) in [6.07, 6.45) is 10.0. The van der Waals surface area contributed by atoms with Crippen LogP contribution in [0, 0.1) is 52.2 Å². The zero-order valence-corrected chi connectivity index (χ0v) is 16.3. The predicted octanol–water partition coefficient (Wildman–Crippen LogP) is 4.78. The van der Waals surface area contributed by atoms with Crippen molar-refractivity contribution in [3.8, 4) is 11.3 Å². The van der Waals surface area contributed by atoms with Crippen LogP contribution in [0.15, 0.2) is 0 Å². The molecule has 0 bridgehead atoms. The molecule has 4 rings (SSSR count). The molecule has 0 spiro atoms. The summed E-state index contributed by atoms with van der Waals surface area (Å²) in [6.45, 7) is 4.22. The largest absolute Gasteiger partial charge is 0.378 e. The van der Waals surface area contributed by atoms with Crippen molar-refractivity contribution in [1.29, 1.82) is 0 Å². The molecule has 8 atom stereocenters. The molecule has 0 aromatic carbocycles. The number of fused-ring (bicyclic) bond motifs is 5. The van der Waals surface area contributed by atoms with Gasteiger partial charge in [0.2, 0.25) is 0 Å². The van der Waals surface area contributed by atoms with Gasteiger partial charge in [-0.15, -0.1) is 0 Å². The van der Waals surface area contributed by atoms with Crippen molar-refractivity contribution in [3.63, 3.8) is 0 Å². The Morgan fingerprint density at radius 2 is 1.80 bits per heavy atom. The minimum absolute atomic E-state index is 0.249. The van der Waals surface area contributed by atoms with Crippen molar-refractivity contribution < 1.29 is 9.90 Å². The summed E-state index contributed by atoms with van der Waals surface area (Å²) in [5.74, 6) is 7.27. The summed E-state index contributed by atoms with van der Waals surface area (Å²) >= 11 is 5.58. The zero-order valence-electron chi connectivity index (χ0n) is 15.6. The summed E-state index contributed by atoms with van der Waals surface area (Å²) in [6, 6.07) is 0. The molecular formula is C22H31ClO2. The van der Waals surface area contributed by atoms with Gasteiger partial charge in [-0.3, -0.25) is 4.79 Å². The lowest BCUT2D eigenvalue weighted by Gasteiger charge is -2.56. The Bertz CT molecular complexity index is 619. The monoisotopic (exact) mass is 362 g/mol. The van der Waals surface area contributed by atoms with E-state index in [1.54, 1.807) is 6.92 Å². The number of halogens is 1. The van der Waals surface area contributed by atoms with Crippen LogP contribution in [0.4, 0.5) is 0 Å². The number of hydrogen-bond donors (Lipinski definition) is 1. The molecule has 4 saturated carbocycles. The van der Waals surface area contributed by atoms with E-state index in [1.807, 2.05) is 0 Å². The molecule has 8 unspecified atom stereocenters. The van der Waals surface area contributed by atoms with Gasteiger partial charge >= 0.3 is 0 Å². The van der Waals surface area contributed by atoms with Crippen LogP contribution >= 0.6 is 11.6 Å². The molecule has 0 amide bonds. The van der Waals surface area contributed by atoms with Crippen molar-refractivity contribution in [3.05, 3.63) is 0 Å². The van der Waals surface area contributed by atoms with Gasteiger partial charge in [0.1, 0.15) is 11.4 Å². The molecule has 138 valence electrons. The van der Waals surface area contributed by atoms with Gasteiger partial charge < -0.3 is 5.11 Å². The summed E-state index contributed by atoms with van der Waals surface area (Å²) in [5, 5.41) is 13.1. The second-order valence-corrected chi connectivity index (χ2v) is 9.90. The van der Waals surface area contributed by atoms with Crippen LogP contribution in [-0.2, 0) is 4.79 Å². The van der Waals surface area contributed by atoms with Crippen molar-refractivity contribution in [1.82, 2.24) is 0 Å². The van der Waals surface area contributed by atoms with Gasteiger partial charge in [0.25, 0.3) is 0 Å². The fourth-order valence-corrected chi connectivity index (χ4v) is 7.92. The van der Waals surface area contributed by atoms with Crippen LogP contribution in [0.25, 0.3) is 0 Å². The molecule has 2 nitrogen and oxygen atoms in total. The van der Waals surface area contributed by atoms with E-state index >= 15 is 0 Å². The van der Waals surface area contributed by atoms with Crippen LogP contribution in [0.2, 0.25) is 0 Å². The molecular weight excluding hydrogens is 332 g/mol. The molecule has 3 heteroatoms. The summed E-state index contributed by atoms with van der Waals surface area (Å²) in [7, 11) is 0. The van der Waals surface area contributed by atoms with Crippen molar-refractivity contribution in [2.45, 2.75) is 77.2 Å². The number of rotatable bonds is 1. The third-order valence-corrected chi connectivity index (χ3v) is 8.88. The lowest BCUT2D eigenvalue weighted by Crippen LogP contribution is -2.51. The number of carbonyl (C=O) groups is 1. The number of Topliss-reactive ketones (excluding diaryl/α,β-unsaturated/α-hetero) is 1. The van der Waals surface area contributed by atoms with Gasteiger partial charge in [-0.05, 0) is 111 Å². The van der Waals surface area contributed by atoms with E-state index in [4.69, 9.17) is 11.6 Å². The average molecular weight is 363 g/mol. The van der Waals surface area contributed by atoms with E-state index in [1.165, 1.54) is 32.1 Å². The highest BCUT2D eigenvalue weighted by Crippen LogP contribution is 2.64. The number of ketones is 1. The van der Waals surface area contributed by atoms with Crippen molar-refractivity contribution >= 4 is 17.4 Å². The standard InChI is InChI=1S/C22H31ClO2/c1-14(24)19-5-6-20-18-4-3-15-13-22(25,11-12-23)10-8-16(15)17(18)7-9-21(19,20)2/h15-20,25H,3-10,13H2,1-2H3. The Morgan fingerprint density at radius 3 is 2.52 bits per heavy atom. The molecule has 1 N–H and O–H groups in total. The first-order valence-corrected chi connectivity index (χ1v) is 10.6. The average Bonchev–Trinajstić information content (AvgIpc) is 2.91. The summed E-state index contributed by atoms with van der Waals surface area (Å²) in [5.41, 5.74) is -0.606. The molecule has 4 fully saturated rings. The SMILES string of the molecule is CC(=O)C1CCC2C3CCC4CC(O)(C#CCl)CCC4C3CCC12C. The highest BCUT2D eigenvalue weighted by molar-refractivity contribution is 6.30. The summed E-state index contributed by atoms with van der Waals surface area (Å²) in [4.78, 5) is 12.2. The van der Waals surface area contributed by atoms with Crippen LogP contribution in [-0.4, -0.2) is 16.5 Å². The minimum Gasteiger partial charge on any atom is -0.378 e. The Labute approximate surface area is 157 Å². The van der Waals surface area contributed by atoms with Crippen LogP contribution in [0.5, 0.6) is 0 Å². The van der Waals surface area contributed by atoms with Gasteiger partial charge in [0, 0.05) is 11.3 Å². The van der Waals surface area contributed by atoms with Crippen molar-refractivity contribution in [2.24, 2.45) is 40.9 Å². The molecule has 0 aromatic rings. The second kappa shape index (κ2) is 6.28. The molecule has 0 aliphatic heterocycles. The fourth-order valence-electron chi connectivity index (χ4n) is 7.75. The highest BCUT2D eigenvalue weighted by atomic mass is 35.5. The molecule has 25 heavy (non-hydrogen) atoms. The Balaban J connectivity index is 1.53. The lowest BCUT2D eigenvalue weighted by atomic mass is 9.49. The number of aliphatic hydroxyl groups is 1. The highest BCUT2D eigenvalue weighted by Gasteiger charge is 2.58. The zero-order chi connectivity index (χ0) is 17.8. The molecule has 0 aromatic heterocycles. The quantitative estimate of drug-likeness (QED) is 0.682. The van der Waals surface area contributed by atoms with Crippen LogP contribution in [0.3, 0.4) is 0 Å². The first kappa shape index (κ1) is 17.9. The van der Waals surface area contributed by atoms with Crippen molar-refractivity contribution in [2.75, 3.05) is 0 Å². The Kier molecular flexibility index (Phi) is 4.49. The van der Waals surface area contributed by atoms with Crippen LogP contribution < -0.4 is 0 Å². The summed E-state index contributed by atoms with van der Waals surface area (Å²) < 4.78 is 0. The number of carbonyl (C=O) groups excluding carboxylic acids is 1. The van der Waals surface area contributed by atoms with E-state index in [2.05, 4.69) is 18.2 Å². The Hall–Kier alpha value is -0.520. The predicted molar refractivity (Wildman–Crippen MR) is 99.9 cm³/mol. The molecule has 0 radical (unpaired) electrons. The number of hydrogen-bond acceptors (Lipinski definition) is 2. The first-order chi connectivity index (χ1) is 11.9. The van der Waals surface area contributed by atoms with Gasteiger partial charge in [-0.2, -0.15) is 0 Å². The first-order valence-electron chi connectivity index (χ1n) is 10.2. The minimum atomic E-state index is -0.855. The van der Waals surface area contributed by atoms with Crippen LogP contribution in [0.1, 0.15) is 71.6 Å². The van der Waals surface area contributed by atoms with E-state index in [0.717, 1.165) is 49.4 Å². The normalized spacial score (nSPS) is 51.5. The van der Waals surface area contributed by atoms with E-state index in [0.29, 0.717) is 17.6 Å². The third-order valence-electron chi connectivity index (χ3n) is 8.78. The van der Waals surface area contributed by atoms with Gasteiger partial charge in [0.15, 0.2) is 0 Å². The van der Waals surface area contributed by atoms with Gasteiger partial charge in [-0.25, -0.2) is 0 Å². The van der Waals surface area contributed by atoms with E-state index < -0.39 is 5.60 Å².